The number of ether oxygens (including phenoxy) is 1. The molecule has 0 N–H and O–H groups in total. The molecule has 0 bridgehead atoms. The van der Waals surface area contributed by atoms with Crippen LogP contribution in [0.4, 0.5) is 0 Å². The van der Waals surface area contributed by atoms with Crippen LogP contribution in [-0.2, 0) is 16.1 Å². The van der Waals surface area contributed by atoms with Crippen molar-refractivity contribution in [3.63, 3.8) is 0 Å². The standard InChI is InChI=1S/C32H25Cl2N3O3S/c1-3-40-31(39)28-19(2)35-32-37(29(28)20-9-5-4-6-10-20)30(38)27(41-32)17-24-15-21-11-7-8-12-26(21)36(24)18-22-13-14-23(33)16-25(22)34/h4-17,29H,3,18H2,1-2H3/b27-17+/t29-/m0/s1. The van der Waals surface area contributed by atoms with Crippen LogP contribution in [0, 0.1) is 0 Å². The zero-order chi connectivity index (χ0) is 28.7. The highest BCUT2D eigenvalue weighted by atomic mass is 35.5. The first-order valence-electron chi connectivity index (χ1n) is 13.1. The number of carbonyl (C=O) groups excluding carboxylic acids is 1. The Balaban J connectivity index is 1.54. The molecule has 3 aromatic carbocycles. The van der Waals surface area contributed by atoms with E-state index in [9.17, 15) is 9.59 Å². The van der Waals surface area contributed by atoms with E-state index in [1.54, 1.807) is 24.5 Å². The van der Waals surface area contributed by atoms with Crippen LogP contribution in [0.25, 0.3) is 17.0 Å². The Morgan fingerprint density at radius 2 is 1.80 bits per heavy atom. The quantitative estimate of drug-likeness (QED) is 0.221. The van der Waals surface area contributed by atoms with Gasteiger partial charge in [0, 0.05) is 33.2 Å². The van der Waals surface area contributed by atoms with Gasteiger partial charge in [-0.2, -0.15) is 0 Å². The van der Waals surface area contributed by atoms with Crippen molar-refractivity contribution in [1.29, 1.82) is 0 Å². The van der Waals surface area contributed by atoms with Crippen LogP contribution in [0.3, 0.4) is 0 Å². The molecule has 6 rings (SSSR count). The number of para-hydroxylation sites is 1. The van der Waals surface area contributed by atoms with Gasteiger partial charge in [0.1, 0.15) is 0 Å². The first-order chi connectivity index (χ1) is 19.9. The van der Waals surface area contributed by atoms with Crippen molar-refractivity contribution in [2.45, 2.75) is 26.4 Å². The van der Waals surface area contributed by atoms with Gasteiger partial charge in [0.2, 0.25) is 0 Å². The summed E-state index contributed by atoms with van der Waals surface area (Å²) in [6, 6.07) is 24.4. The maximum Gasteiger partial charge on any atom is 0.338 e. The highest BCUT2D eigenvalue weighted by molar-refractivity contribution is 7.07. The number of nitrogens with zero attached hydrogens (tertiary/aromatic N) is 3. The monoisotopic (exact) mass is 601 g/mol. The molecular weight excluding hydrogens is 577 g/mol. The molecule has 0 saturated heterocycles. The number of benzene rings is 3. The maximum absolute atomic E-state index is 14.1. The van der Waals surface area contributed by atoms with Gasteiger partial charge in [-0.05, 0) is 55.3 Å². The Hall–Kier alpha value is -3.91. The molecule has 0 radical (unpaired) electrons. The molecule has 0 amide bonds. The molecule has 1 aliphatic rings. The highest BCUT2D eigenvalue weighted by Crippen LogP contribution is 2.31. The van der Waals surface area contributed by atoms with Gasteiger partial charge in [-0.1, -0.05) is 89.1 Å². The molecule has 41 heavy (non-hydrogen) atoms. The van der Waals surface area contributed by atoms with Gasteiger partial charge in [0.15, 0.2) is 4.80 Å². The zero-order valence-electron chi connectivity index (χ0n) is 22.3. The molecule has 0 aliphatic carbocycles. The number of fused-ring (bicyclic) bond motifs is 2. The summed E-state index contributed by atoms with van der Waals surface area (Å²) in [4.78, 5) is 32.4. The highest BCUT2D eigenvalue weighted by Gasteiger charge is 2.33. The minimum Gasteiger partial charge on any atom is -0.463 e. The van der Waals surface area contributed by atoms with E-state index < -0.39 is 12.0 Å². The summed E-state index contributed by atoms with van der Waals surface area (Å²) in [5.41, 5.74) is 4.26. The fourth-order valence-electron chi connectivity index (χ4n) is 5.22. The SMILES string of the molecule is CCOC(=O)C1=C(C)N=c2s/c(=C/c3cc4ccccc4n3Cc3ccc(Cl)cc3Cl)c(=O)n2[C@H]1c1ccccc1. The summed E-state index contributed by atoms with van der Waals surface area (Å²) in [5.74, 6) is -0.475. The fourth-order valence-corrected chi connectivity index (χ4v) is 6.72. The predicted molar refractivity (Wildman–Crippen MR) is 164 cm³/mol. The topological polar surface area (TPSA) is 65.6 Å². The van der Waals surface area contributed by atoms with E-state index in [1.165, 1.54) is 11.3 Å². The lowest BCUT2D eigenvalue weighted by Gasteiger charge is -2.24. The predicted octanol–water partition coefficient (Wildman–Crippen LogP) is 6.11. The van der Waals surface area contributed by atoms with Crippen LogP contribution < -0.4 is 14.9 Å². The Kier molecular flexibility index (Phi) is 7.43. The molecule has 0 saturated carbocycles. The second-order valence-corrected chi connectivity index (χ2v) is 11.5. The van der Waals surface area contributed by atoms with Crippen LogP contribution in [0.1, 0.15) is 36.7 Å². The minimum atomic E-state index is -0.646. The smallest absolute Gasteiger partial charge is 0.338 e. The largest absolute Gasteiger partial charge is 0.463 e. The van der Waals surface area contributed by atoms with Crippen molar-refractivity contribution < 1.29 is 9.53 Å². The Labute approximate surface area is 250 Å². The number of hydrogen-bond acceptors (Lipinski definition) is 5. The van der Waals surface area contributed by atoms with Crippen molar-refractivity contribution in [2.24, 2.45) is 4.99 Å². The van der Waals surface area contributed by atoms with E-state index in [0.29, 0.717) is 37.2 Å². The third-order valence-corrected chi connectivity index (χ3v) is 8.67. The molecule has 206 valence electrons. The first-order valence-corrected chi connectivity index (χ1v) is 14.7. The van der Waals surface area contributed by atoms with E-state index >= 15 is 0 Å². The average molecular weight is 603 g/mol. The van der Waals surface area contributed by atoms with E-state index in [1.807, 2.05) is 72.8 Å². The molecule has 5 aromatic rings. The molecule has 2 aromatic heterocycles. The molecule has 0 unspecified atom stereocenters. The van der Waals surface area contributed by atoms with Crippen LogP contribution in [-0.4, -0.2) is 21.7 Å². The Bertz CT molecular complexity index is 2020. The summed E-state index contributed by atoms with van der Waals surface area (Å²) >= 11 is 14.0. The average Bonchev–Trinajstić information content (AvgIpc) is 3.46. The first kappa shape index (κ1) is 27.3. The van der Waals surface area contributed by atoms with Crippen molar-refractivity contribution >= 4 is 57.5 Å². The summed E-state index contributed by atoms with van der Waals surface area (Å²) in [6.45, 7) is 4.26. The molecular formula is C32H25Cl2N3O3S. The number of esters is 1. The fraction of sp³-hybridized carbons (Fsp3) is 0.156. The van der Waals surface area contributed by atoms with Crippen molar-refractivity contribution in [2.75, 3.05) is 6.61 Å². The maximum atomic E-state index is 14.1. The number of aromatic nitrogens is 2. The molecule has 3 heterocycles. The van der Waals surface area contributed by atoms with Crippen LogP contribution >= 0.6 is 34.5 Å². The van der Waals surface area contributed by atoms with E-state index in [2.05, 4.69) is 15.6 Å². The van der Waals surface area contributed by atoms with Crippen molar-refractivity contribution in [3.8, 4) is 0 Å². The van der Waals surface area contributed by atoms with Crippen LogP contribution in [0.5, 0.6) is 0 Å². The molecule has 6 nitrogen and oxygen atoms in total. The van der Waals surface area contributed by atoms with Crippen LogP contribution in [0.2, 0.25) is 10.0 Å². The Morgan fingerprint density at radius 1 is 1.05 bits per heavy atom. The third-order valence-electron chi connectivity index (χ3n) is 7.10. The van der Waals surface area contributed by atoms with Gasteiger partial charge >= 0.3 is 5.97 Å². The molecule has 0 fully saturated rings. The van der Waals surface area contributed by atoms with E-state index in [0.717, 1.165) is 27.7 Å². The lowest BCUT2D eigenvalue weighted by Crippen LogP contribution is -2.40. The van der Waals surface area contributed by atoms with Gasteiger partial charge in [0.25, 0.3) is 5.56 Å². The Morgan fingerprint density at radius 3 is 2.56 bits per heavy atom. The second kappa shape index (κ2) is 11.2. The normalized spacial score (nSPS) is 15.2. The number of carbonyl (C=O) groups is 1. The van der Waals surface area contributed by atoms with Gasteiger partial charge in [0.05, 0.1) is 28.5 Å². The van der Waals surface area contributed by atoms with Gasteiger partial charge < -0.3 is 9.30 Å². The van der Waals surface area contributed by atoms with Gasteiger partial charge in [-0.3, -0.25) is 9.36 Å². The van der Waals surface area contributed by atoms with Gasteiger partial charge in [-0.25, -0.2) is 9.79 Å². The van der Waals surface area contributed by atoms with E-state index in [4.69, 9.17) is 27.9 Å². The number of thiazole rings is 1. The summed E-state index contributed by atoms with van der Waals surface area (Å²) in [6.07, 6.45) is 1.89. The third kappa shape index (κ3) is 5.05. The lowest BCUT2D eigenvalue weighted by atomic mass is 9.96. The summed E-state index contributed by atoms with van der Waals surface area (Å²) in [5, 5.41) is 2.19. The molecule has 1 atom stereocenters. The van der Waals surface area contributed by atoms with E-state index in [-0.39, 0.29) is 12.2 Å². The van der Waals surface area contributed by atoms with Crippen molar-refractivity contribution in [1.82, 2.24) is 9.13 Å². The van der Waals surface area contributed by atoms with Crippen LogP contribution in [0.15, 0.2) is 99.9 Å². The summed E-state index contributed by atoms with van der Waals surface area (Å²) in [7, 11) is 0. The van der Waals surface area contributed by atoms with Crippen molar-refractivity contribution in [3.05, 3.63) is 137 Å². The molecule has 9 heteroatoms. The second-order valence-electron chi connectivity index (χ2n) is 9.66. The number of hydrogen-bond donors (Lipinski definition) is 0. The number of allylic oxidation sites excluding steroid dienone is 1. The zero-order valence-corrected chi connectivity index (χ0v) is 24.6. The number of rotatable bonds is 6. The summed E-state index contributed by atoms with van der Waals surface area (Å²) < 4.78 is 9.63. The lowest BCUT2D eigenvalue weighted by molar-refractivity contribution is -0.139. The molecule has 0 spiro atoms. The molecule has 1 aliphatic heterocycles. The minimum absolute atomic E-state index is 0.224. The number of halogens is 2. The van der Waals surface area contributed by atoms with Gasteiger partial charge in [-0.15, -0.1) is 0 Å².